The topological polar surface area (TPSA) is 78.3 Å². The van der Waals surface area contributed by atoms with E-state index < -0.39 is 0 Å². The lowest BCUT2D eigenvalue weighted by molar-refractivity contribution is 0.0601. The molecule has 0 radical (unpaired) electrons. The van der Waals surface area contributed by atoms with Gasteiger partial charge in [-0.15, -0.1) is 0 Å². The van der Waals surface area contributed by atoms with Gasteiger partial charge in [-0.25, -0.2) is 4.79 Å². The zero-order valence-electron chi connectivity index (χ0n) is 9.27. The van der Waals surface area contributed by atoms with E-state index in [0.29, 0.717) is 17.8 Å². The number of methoxy groups -OCH3 is 1. The summed E-state index contributed by atoms with van der Waals surface area (Å²) in [5.41, 5.74) is 13.1. The lowest BCUT2D eigenvalue weighted by Crippen LogP contribution is -2.02. The molecule has 0 aromatic heterocycles. The van der Waals surface area contributed by atoms with Gasteiger partial charge in [0.1, 0.15) is 0 Å². The molecule has 4 nitrogen and oxygen atoms in total. The Morgan fingerprint density at radius 1 is 1.50 bits per heavy atom. The van der Waals surface area contributed by atoms with Gasteiger partial charge >= 0.3 is 5.97 Å². The van der Waals surface area contributed by atoms with Crippen molar-refractivity contribution in [1.29, 1.82) is 0 Å². The summed E-state index contributed by atoms with van der Waals surface area (Å²) in [4.78, 5) is 11.2. The number of esters is 1. The third kappa shape index (κ3) is 3.10. The van der Waals surface area contributed by atoms with Crippen molar-refractivity contribution in [3.8, 4) is 0 Å². The van der Waals surface area contributed by atoms with Crippen molar-refractivity contribution in [1.82, 2.24) is 0 Å². The van der Waals surface area contributed by atoms with Gasteiger partial charge < -0.3 is 16.2 Å². The first kappa shape index (κ1) is 12.3. The molecule has 1 aromatic carbocycles. The fourth-order valence-corrected chi connectivity index (χ4v) is 1.28. The average molecular weight is 220 g/mol. The Labute approximate surface area is 94.9 Å². The highest BCUT2D eigenvalue weighted by Crippen LogP contribution is 2.16. The van der Waals surface area contributed by atoms with Crippen molar-refractivity contribution in [3.05, 3.63) is 35.4 Å². The third-order valence-corrected chi connectivity index (χ3v) is 2.14. The summed E-state index contributed by atoms with van der Waals surface area (Å²) >= 11 is 0. The summed E-state index contributed by atoms with van der Waals surface area (Å²) in [6.07, 6.45) is 4.64. The minimum atomic E-state index is -0.385. The average Bonchev–Trinajstić information content (AvgIpc) is 2.30. The maximum absolute atomic E-state index is 11.2. The number of benzene rings is 1. The molecule has 0 atom stereocenters. The number of hydrogen-bond donors (Lipinski definition) is 2. The van der Waals surface area contributed by atoms with Crippen LogP contribution in [-0.2, 0) is 4.74 Å². The van der Waals surface area contributed by atoms with Crippen molar-refractivity contribution >= 4 is 17.7 Å². The first-order valence-corrected chi connectivity index (χ1v) is 5.03. The van der Waals surface area contributed by atoms with E-state index in [0.717, 1.165) is 12.0 Å². The maximum Gasteiger partial charge on any atom is 0.337 e. The van der Waals surface area contributed by atoms with Crippen molar-refractivity contribution < 1.29 is 9.53 Å². The second-order valence-electron chi connectivity index (χ2n) is 3.31. The van der Waals surface area contributed by atoms with Crippen LogP contribution in [0.3, 0.4) is 0 Å². The van der Waals surface area contributed by atoms with E-state index in [4.69, 9.17) is 11.5 Å². The van der Waals surface area contributed by atoms with Crippen LogP contribution in [-0.4, -0.2) is 19.6 Å². The van der Waals surface area contributed by atoms with E-state index in [9.17, 15) is 4.79 Å². The van der Waals surface area contributed by atoms with Crippen molar-refractivity contribution in [3.63, 3.8) is 0 Å². The highest BCUT2D eigenvalue weighted by atomic mass is 16.5. The minimum Gasteiger partial charge on any atom is -0.465 e. The van der Waals surface area contributed by atoms with Gasteiger partial charge in [0.2, 0.25) is 0 Å². The van der Waals surface area contributed by atoms with E-state index in [1.165, 1.54) is 7.11 Å². The van der Waals surface area contributed by atoms with Crippen molar-refractivity contribution in [2.45, 2.75) is 6.42 Å². The molecular formula is C12H16N2O2. The first-order chi connectivity index (χ1) is 7.69. The number of nitrogens with two attached hydrogens (primary N) is 2. The molecule has 16 heavy (non-hydrogen) atoms. The van der Waals surface area contributed by atoms with Gasteiger partial charge in [-0.2, -0.15) is 0 Å². The molecule has 0 bridgehead atoms. The van der Waals surface area contributed by atoms with Gasteiger partial charge in [-0.1, -0.05) is 18.2 Å². The third-order valence-electron chi connectivity index (χ3n) is 2.14. The molecule has 86 valence electrons. The predicted molar refractivity (Wildman–Crippen MR) is 64.9 cm³/mol. The number of hydrogen-bond acceptors (Lipinski definition) is 4. The number of nitrogen functional groups attached to an aromatic ring is 1. The van der Waals surface area contributed by atoms with Gasteiger partial charge in [-0.05, 0) is 30.7 Å². The molecule has 0 aliphatic carbocycles. The second-order valence-corrected chi connectivity index (χ2v) is 3.31. The fraction of sp³-hybridized carbons (Fsp3) is 0.250. The van der Waals surface area contributed by atoms with Crippen LogP contribution in [0.25, 0.3) is 6.08 Å². The Morgan fingerprint density at radius 2 is 2.25 bits per heavy atom. The Bertz CT molecular complexity index is 400. The molecule has 0 unspecified atom stereocenters. The molecular weight excluding hydrogens is 204 g/mol. The molecule has 4 heteroatoms. The molecule has 0 fully saturated rings. The largest absolute Gasteiger partial charge is 0.465 e. The Balaban J connectivity index is 2.87. The molecule has 0 amide bonds. The zero-order valence-corrected chi connectivity index (χ0v) is 9.27. The van der Waals surface area contributed by atoms with Crippen molar-refractivity contribution in [2.75, 3.05) is 19.4 Å². The highest BCUT2D eigenvalue weighted by molar-refractivity contribution is 5.91. The normalized spacial score (nSPS) is 10.6. The standard InChI is InChI=1S/C12H16N2O2/c1-16-12(15)10-6-5-9(11(14)8-10)4-2-3-7-13/h2,4-6,8H,3,7,13-14H2,1H3. The quantitative estimate of drug-likeness (QED) is 0.594. The lowest BCUT2D eigenvalue weighted by atomic mass is 10.1. The van der Waals surface area contributed by atoms with E-state index >= 15 is 0 Å². The fourth-order valence-electron chi connectivity index (χ4n) is 1.28. The van der Waals surface area contributed by atoms with E-state index in [1.54, 1.807) is 18.2 Å². The summed E-state index contributed by atoms with van der Waals surface area (Å²) in [7, 11) is 1.34. The van der Waals surface area contributed by atoms with Crippen LogP contribution in [0, 0.1) is 0 Å². The second kappa shape index (κ2) is 5.92. The number of anilines is 1. The van der Waals surface area contributed by atoms with Crippen LogP contribution < -0.4 is 11.5 Å². The molecule has 0 saturated heterocycles. The van der Waals surface area contributed by atoms with Gasteiger partial charge in [0.05, 0.1) is 12.7 Å². The Hall–Kier alpha value is -1.81. The predicted octanol–water partition coefficient (Wildman–Crippen LogP) is 1.42. The number of ether oxygens (including phenoxy) is 1. The van der Waals surface area contributed by atoms with Crippen molar-refractivity contribution in [2.24, 2.45) is 5.73 Å². The molecule has 4 N–H and O–H groups in total. The molecule has 1 aromatic rings. The molecule has 0 saturated carbocycles. The van der Waals surface area contributed by atoms with Gasteiger partial charge in [0.25, 0.3) is 0 Å². The minimum absolute atomic E-state index is 0.385. The van der Waals surface area contributed by atoms with Gasteiger partial charge in [0, 0.05) is 5.69 Å². The molecule has 0 aliphatic rings. The van der Waals surface area contributed by atoms with Crippen LogP contribution >= 0.6 is 0 Å². The zero-order chi connectivity index (χ0) is 12.0. The summed E-state index contributed by atoms with van der Waals surface area (Å²) in [5.74, 6) is -0.385. The maximum atomic E-state index is 11.2. The Kier molecular flexibility index (Phi) is 4.54. The van der Waals surface area contributed by atoms with E-state index in [1.807, 2.05) is 12.2 Å². The molecule has 0 spiro atoms. The summed E-state index contributed by atoms with van der Waals surface area (Å²) in [6, 6.07) is 5.08. The Morgan fingerprint density at radius 3 is 2.81 bits per heavy atom. The number of carbonyl (C=O) groups is 1. The SMILES string of the molecule is COC(=O)c1ccc(C=CCCN)c(N)c1. The molecule has 1 rings (SSSR count). The monoisotopic (exact) mass is 220 g/mol. The molecule has 0 heterocycles. The smallest absolute Gasteiger partial charge is 0.337 e. The van der Waals surface area contributed by atoms with Crippen LogP contribution in [0.2, 0.25) is 0 Å². The van der Waals surface area contributed by atoms with E-state index in [2.05, 4.69) is 4.74 Å². The van der Waals surface area contributed by atoms with Crippen LogP contribution in [0.15, 0.2) is 24.3 Å². The summed E-state index contributed by atoms with van der Waals surface area (Å²) < 4.78 is 4.60. The summed E-state index contributed by atoms with van der Waals surface area (Å²) in [6.45, 7) is 0.608. The van der Waals surface area contributed by atoms with Crippen LogP contribution in [0.1, 0.15) is 22.3 Å². The van der Waals surface area contributed by atoms with Crippen LogP contribution in [0.4, 0.5) is 5.69 Å². The number of carbonyl (C=O) groups excluding carboxylic acids is 1. The molecule has 0 aliphatic heterocycles. The lowest BCUT2D eigenvalue weighted by Gasteiger charge is -2.03. The van der Waals surface area contributed by atoms with Crippen LogP contribution in [0.5, 0.6) is 0 Å². The number of rotatable bonds is 4. The highest BCUT2D eigenvalue weighted by Gasteiger charge is 2.06. The van der Waals surface area contributed by atoms with Gasteiger partial charge in [0.15, 0.2) is 0 Å². The summed E-state index contributed by atoms with van der Waals surface area (Å²) in [5, 5.41) is 0. The first-order valence-electron chi connectivity index (χ1n) is 5.03. The van der Waals surface area contributed by atoms with E-state index in [-0.39, 0.29) is 5.97 Å². The van der Waals surface area contributed by atoms with Gasteiger partial charge in [-0.3, -0.25) is 0 Å².